The van der Waals surface area contributed by atoms with E-state index in [0.717, 1.165) is 0 Å². The van der Waals surface area contributed by atoms with Gasteiger partial charge < -0.3 is 10.1 Å². The van der Waals surface area contributed by atoms with E-state index in [1.165, 1.54) is 24.3 Å². The van der Waals surface area contributed by atoms with Gasteiger partial charge >= 0.3 is 0 Å². The summed E-state index contributed by atoms with van der Waals surface area (Å²) in [5.41, 5.74) is 0.982. The van der Waals surface area contributed by atoms with Crippen LogP contribution in [0, 0.1) is 15.9 Å². The van der Waals surface area contributed by atoms with Gasteiger partial charge in [-0.2, -0.15) is 0 Å². The van der Waals surface area contributed by atoms with Crippen LogP contribution >= 0.6 is 11.6 Å². The van der Waals surface area contributed by atoms with Crippen LogP contribution in [0.5, 0.6) is 5.75 Å². The van der Waals surface area contributed by atoms with Gasteiger partial charge in [0.15, 0.2) is 11.6 Å². The van der Waals surface area contributed by atoms with Gasteiger partial charge in [0.25, 0.3) is 5.69 Å². The Labute approximate surface area is 125 Å². The molecule has 7 heteroatoms. The Morgan fingerprint density at radius 1 is 1.38 bits per heavy atom. The van der Waals surface area contributed by atoms with Crippen LogP contribution in [0.2, 0.25) is 5.02 Å². The van der Waals surface area contributed by atoms with Gasteiger partial charge in [0.1, 0.15) is 12.3 Å². The molecule has 0 heterocycles. The Morgan fingerprint density at radius 3 is 2.76 bits per heavy atom. The van der Waals surface area contributed by atoms with Crippen LogP contribution < -0.4 is 10.1 Å². The minimum absolute atomic E-state index is 0.0369. The number of para-hydroxylation sites is 1. The van der Waals surface area contributed by atoms with Crippen molar-refractivity contribution in [3.63, 3.8) is 0 Å². The summed E-state index contributed by atoms with van der Waals surface area (Å²) < 4.78 is 18.9. The first-order chi connectivity index (χ1) is 10.0. The van der Waals surface area contributed by atoms with E-state index >= 15 is 0 Å². The van der Waals surface area contributed by atoms with E-state index in [1.54, 1.807) is 19.2 Å². The monoisotopic (exact) mass is 310 g/mol. The van der Waals surface area contributed by atoms with Crippen molar-refractivity contribution in [2.24, 2.45) is 0 Å². The Morgan fingerprint density at radius 2 is 2.14 bits per heavy atom. The molecular weight excluding hydrogens is 299 g/mol. The van der Waals surface area contributed by atoms with Crippen LogP contribution in [0.25, 0.3) is 0 Å². The Hall–Kier alpha value is -2.34. The summed E-state index contributed by atoms with van der Waals surface area (Å²) in [4.78, 5) is 10.3. The molecule has 0 atom stereocenters. The first-order valence-electron chi connectivity index (χ1n) is 6.05. The number of ether oxygens (including phenoxy) is 1. The number of nitrogens with one attached hydrogen (secondary N) is 1. The predicted octanol–water partition coefficient (Wildman–Crippen LogP) is 4.01. The lowest BCUT2D eigenvalue weighted by Gasteiger charge is -2.10. The quantitative estimate of drug-likeness (QED) is 0.669. The first kappa shape index (κ1) is 15.1. The number of anilines is 1. The lowest BCUT2D eigenvalue weighted by molar-refractivity contribution is -0.384. The van der Waals surface area contributed by atoms with Crippen LogP contribution in [0.4, 0.5) is 15.8 Å². The van der Waals surface area contributed by atoms with Gasteiger partial charge in [-0.1, -0.05) is 17.7 Å². The largest absolute Gasteiger partial charge is 0.484 e. The highest BCUT2D eigenvalue weighted by Crippen LogP contribution is 2.29. The van der Waals surface area contributed by atoms with Gasteiger partial charge in [0.2, 0.25) is 0 Å². The number of hydrogen-bond acceptors (Lipinski definition) is 4. The SMILES string of the molecule is CNc1cc(COc2c(F)cccc2Cl)ccc1[N+](=O)[O-]. The fraction of sp³-hybridized carbons (Fsp3) is 0.143. The van der Waals surface area contributed by atoms with Crippen LogP contribution in [-0.4, -0.2) is 12.0 Å². The Kier molecular flexibility index (Phi) is 4.59. The van der Waals surface area contributed by atoms with Crippen molar-refractivity contribution >= 4 is 23.0 Å². The number of nitro benzene ring substituents is 1. The molecule has 0 radical (unpaired) electrons. The van der Waals surface area contributed by atoms with Crippen LogP contribution in [0.15, 0.2) is 36.4 Å². The zero-order valence-electron chi connectivity index (χ0n) is 11.1. The maximum Gasteiger partial charge on any atom is 0.292 e. The molecule has 0 aliphatic carbocycles. The maximum absolute atomic E-state index is 13.6. The van der Waals surface area contributed by atoms with Crippen molar-refractivity contribution in [3.8, 4) is 5.75 Å². The third-order valence-electron chi connectivity index (χ3n) is 2.83. The molecule has 2 aromatic carbocycles. The van der Waals surface area contributed by atoms with E-state index in [2.05, 4.69) is 5.32 Å². The summed E-state index contributed by atoms with van der Waals surface area (Å²) in [6, 6.07) is 8.74. The summed E-state index contributed by atoms with van der Waals surface area (Å²) in [5.74, 6) is -0.596. The second-order valence-corrected chi connectivity index (χ2v) is 4.61. The predicted molar refractivity (Wildman–Crippen MR) is 78.4 cm³/mol. The van der Waals surface area contributed by atoms with Gasteiger partial charge in [0, 0.05) is 13.1 Å². The summed E-state index contributed by atoms with van der Waals surface area (Å²) in [6.45, 7) is 0.0489. The van der Waals surface area contributed by atoms with Gasteiger partial charge in [-0.25, -0.2) is 4.39 Å². The second kappa shape index (κ2) is 6.41. The van der Waals surface area contributed by atoms with Gasteiger partial charge in [-0.05, 0) is 29.8 Å². The molecule has 0 aliphatic rings. The molecule has 0 fully saturated rings. The number of benzene rings is 2. The molecule has 0 unspecified atom stereocenters. The van der Waals surface area contributed by atoms with Crippen molar-refractivity contribution < 1.29 is 14.1 Å². The number of nitrogens with zero attached hydrogens (tertiary/aromatic N) is 1. The zero-order chi connectivity index (χ0) is 15.4. The highest BCUT2D eigenvalue weighted by molar-refractivity contribution is 6.32. The van der Waals surface area contributed by atoms with Crippen molar-refractivity contribution in [2.75, 3.05) is 12.4 Å². The molecule has 110 valence electrons. The van der Waals surface area contributed by atoms with Crippen molar-refractivity contribution in [1.29, 1.82) is 0 Å². The van der Waals surface area contributed by atoms with Crippen LogP contribution in [-0.2, 0) is 6.61 Å². The van der Waals surface area contributed by atoms with E-state index < -0.39 is 10.7 Å². The van der Waals surface area contributed by atoms with Crippen LogP contribution in [0.3, 0.4) is 0 Å². The van der Waals surface area contributed by atoms with E-state index in [1.807, 2.05) is 0 Å². The standard InChI is InChI=1S/C14H12ClFN2O3/c1-17-12-7-9(5-6-13(12)18(19)20)8-21-14-10(15)3-2-4-11(14)16/h2-7,17H,8H2,1H3. The number of hydrogen-bond donors (Lipinski definition) is 1. The number of halogens is 2. The molecule has 2 rings (SSSR count). The average molecular weight is 311 g/mol. The molecule has 21 heavy (non-hydrogen) atoms. The molecule has 0 aliphatic heterocycles. The number of rotatable bonds is 5. The average Bonchev–Trinajstić information content (AvgIpc) is 2.46. The van der Waals surface area contributed by atoms with Gasteiger partial charge in [0.05, 0.1) is 9.95 Å². The lowest BCUT2D eigenvalue weighted by atomic mass is 10.2. The highest BCUT2D eigenvalue weighted by Gasteiger charge is 2.14. The zero-order valence-corrected chi connectivity index (χ0v) is 11.9. The Bertz CT molecular complexity index is 659. The lowest BCUT2D eigenvalue weighted by Crippen LogP contribution is -2.01. The van der Waals surface area contributed by atoms with Gasteiger partial charge in [-0.15, -0.1) is 0 Å². The van der Waals surface area contributed by atoms with Crippen LogP contribution in [0.1, 0.15) is 5.56 Å². The summed E-state index contributed by atoms with van der Waals surface area (Å²) >= 11 is 5.85. The molecule has 0 bridgehead atoms. The minimum atomic E-state index is -0.557. The second-order valence-electron chi connectivity index (χ2n) is 4.20. The fourth-order valence-corrected chi connectivity index (χ4v) is 2.03. The first-order valence-corrected chi connectivity index (χ1v) is 6.42. The molecule has 0 amide bonds. The molecule has 0 aromatic heterocycles. The molecule has 0 spiro atoms. The highest BCUT2D eigenvalue weighted by atomic mass is 35.5. The molecule has 5 nitrogen and oxygen atoms in total. The third kappa shape index (κ3) is 3.41. The molecular formula is C14H12ClFN2O3. The van der Waals surface area contributed by atoms with Crippen molar-refractivity contribution in [3.05, 3.63) is 62.9 Å². The van der Waals surface area contributed by atoms with Crippen molar-refractivity contribution in [2.45, 2.75) is 6.61 Å². The number of nitro groups is 1. The summed E-state index contributed by atoms with van der Waals surface area (Å²) in [6.07, 6.45) is 0. The van der Waals surface area contributed by atoms with Crippen molar-refractivity contribution in [1.82, 2.24) is 0 Å². The van der Waals surface area contributed by atoms with E-state index in [-0.39, 0.29) is 23.1 Å². The normalized spacial score (nSPS) is 10.2. The van der Waals surface area contributed by atoms with E-state index in [0.29, 0.717) is 11.3 Å². The summed E-state index contributed by atoms with van der Waals surface area (Å²) in [5, 5.41) is 13.7. The third-order valence-corrected chi connectivity index (χ3v) is 3.13. The molecule has 2 aromatic rings. The molecule has 1 N–H and O–H groups in total. The van der Waals surface area contributed by atoms with Gasteiger partial charge in [-0.3, -0.25) is 10.1 Å². The van der Waals surface area contributed by atoms with E-state index in [9.17, 15) is 14.5 Å². The summed E-state index contributed by atoms with van der Waals surface area (Å²) in [7, 11) is 1.58. The minimum Gasteiger partial charge on any atom is -0.484 e. The fourth-order valence-electron chi connectivity index (χ4n) is 1.81. The smallest absolute Gasteiger partial charge is 0.292 e. The Balaban J connectivity index is 2.19. The molecule has 0 saturated carbocycles. The van der Waals surface area contributed by atoms with E-state index in [4.69, 9.17) is 16.3 Å². The molecule has 0 saturated heterocycles. The topological polar surface area (TPSA) is 64.4 Å². The maximum atomic E-state index is 13.6.